The Labute approximate surface area is 88.0 Å². The third-order valence-corrected chi connectivity index (χ3v) is 2.64. The lowest BCUT2D eigenvalue weighted by atomic mass is 10.2. The van der Waals surface area contributed by atoms with E-state index in [2.05, 4.69) is 20.9 Å². The van der Waals surface area contributed by atoms with Gasteiger partial charge < -0.3 is 4.98 Å². The van der Waals surface area contributed by atoms with Crippen molar-refractivity contribution in [3.05, 3.63) is 34.4 Å². The second kappa shape index (κ2) is 3.16. The van der Waals surface area contributed by atoms with Gasteiger partial charge in [0.2, 0.25) is 0 Å². The molecule has 13 heavy (non-hydrogen) atoms. The van der Waals surface area contributed by atoms with Crippen molar-refractivity contribution in [3.8, 4) is 0 Å². The van der Waals surface area contributed by atoms with Crippen LogP contribution in [0.5, 0.6) is 0 Å². The van der Waals surface area contributed by atoms with Gasteiger partial charge in [0.25, 0.3) is 5.24 Å². The predicted molar refractivity (Wildman–Crippen MR) is 56.2 cm³/mol. The highest BCUT2D eigenvalue weighted by atomic mass is 79.9. The van der Waals surface area contributed by atoms with Gasteiger partial charge in [0.05, 0.1) is 10.2 Å². The van der Waals surface area contributed by atoms with Crippen molar-refractivity contribution in [1.29, 1.82) is 0 Å². The Kier molecular flexibility index (Phi) is 2.14. The molecule has 0 aliphatic rings. The molecule has 0 radical (unpaired) electrons. The highest BCUT2D eigenvalue weighted by Crippen LogP contribution is 2.27. The van der Waals surface area contributed by atoms with Gasteiger partial charge in [-0.15, -0.1) is 0 Å². The summed E-state index contributed by atoms with van der Waals surface area (Å²) in [5, 5.41) is 0.388. The Hall–Kier alpha value is -0.800. The van der Waals surface area contributed by atoms with Gasteiger partial charge in [0.15, 0.2) is 0 Å². The fraction of sp³-hybridized carbons (Fsp3) is 0. The average molecular weight is 259 g/mol. The molecule has 1 heterocycles. The van der Waals surface area contributed by atoms with Gasteiger partial charge in [-0.2, -0.15) is 0 Å². The number of benzene rings is 1. The molecular formula is C9H5BrClNO. The summed E-state index contributed by atoms with van der Waals surface area (Å²) in [5.41, 5.74) is 1.40. The molecule has 66 valence electrons. The summed E-state index contributed by atoms with van der Waals surface area (Å²) in [6.45, 7) is 0. The molecular weight excluding hydrogens is 253 g/mol. The zero-order valence-electron chi connectivity index (χ0n) is 6.47. The number of hydrogen-bond donors (Lipinski definition) is 1. The molecule has 2 rings (SSSR count). The van der Waals surface area contributed by atoms with Gasteiger partial charge in [0.1, 0.15) is 0 Å². The fourth-order valence-electron chi connectivity index (χ4n) is 1.30. The van der Waals surface area contributed by atoms with Crippen LogP contribution in [-0.2, 0) is 0 Å². The summed E-state index contributed by atoms with van der Waals surface area (Å²) in [6.07, 6.45) is 0. The van der Waals surface area contributed by atoms with Crippen LogP contribution < -0.4 is 0 Å². The molecule has 4 heteroatoms. The first-order chi connectivity index (χ1) is 6.20. The first kappa shape index (κ1) is 8.78. The minimum atomic E-state index is -0.454. The van der Waals surface area contributed by atoms with E-state index in [0.717, 1.165) is 10.9 Å². The van der Waals surface area contributed by atoms with E-state index in [4.69, 9.17) is 11.6 Å². The molecule has 0 saturated carbocycles. The van der Waals surface area contributed by atoms with Crippen LogP contribution in [0.4, 0.5) is 0 Å². The molecule has 0 atom stereocenters. The van der Waals surface area contributed by atoms with Crippen LogP contribution >= 0.6 is 27.5 Å². The molecule has 0 aliphatic carbocycles. The summed E-state index contributed by atoms with van der Waals surface area (Å²) in [6, 6.07) is 7.51. The number of rotatable bonds is 1. The lowest BCUT2D eigenvalue weighted by Gasteiger charge is -1.90. The molecule has 0 unspecified atom stereocenters. The number of aromatic nitrogens is 1. The van der Waals surface area contributed by atoms with Crippen molar-refractivity contribution in [2.75, 3.05) is 0 Å². The number of halogens is 2. The van der Waals surface area contributed by atoms with Crippen LogP contribution in [0.15, 0.2) is 28.9 Å². The molecule has 0 amide bonds. The third-order valence-electron chi connectivity index (χ3n) is 1.86. The van der Waals surface area contributed by atoms with Crippen molar-refractivity contribution in [1.82, 2.24) is 4.98 Å². The molecule has 2 aromatic rings. The highest BCUT2D eigenvalue weighted by molar-refractivity contribution is 9.10. The number of hydrogen-bond acceptors (Lipinski definition) is 1. The maximum Gasteiger partial charge on any atom is 0.255 e. The Morgan fingerprint density at radius 1 is 1.38 bits per heavy atom. The minimum absolute atomic E-state index is 0.454. The minimum Gasteiger partial charge on any atom is -0.349 e. The molecule has 2 nitrogen and oxygen atoms in total. The van der Waals surface area contributed by atoms with E-state index in [1.165, 1.54) is 0 Å². The monoisotopic (exact) mass is 257 g/mol. The van der Waals surface area contributed by atoms with Crippen LogP contribution in [0.2, 0.25) is 0 Å². The smallest absolute Gasteiger partial charge is 0.255 e. The van der Waals surface area contributed by atoms with Crippen LogP contribution in [-0.4, -0.2) is 10.2 Å². The van der Waals surface area contributed by atoms with Crippen molar-refractivity contribution in [2.24, 2.45) is 0 Å². The van der Waals surface area contributed by atoms with E-state index in [9.17, 15) is 4.79 Å². The maximum absolute atomic E-state index is 11.1. The molecule has 1 aromatic carbocycles. The average Bonchev–Trinajstić information content (AvgIpc) is 2.39. The van der Waals surface area contributed by atoms with E-state index in [1.54, 1.807) is 0 Å². The zero-order chi connectivity index (χ0) is 9.42. The summed E-state index contributed by atoms with van der Waals surface area (Å²) in [7, 11) is 0. The number of carbonyl (C=O) groups excluding carboxylic acids is 1. The van der Waals surface area contributed by atoms with E-state index in [1.807, 2.05) is 24.3 Å². The van der Waals surface area contributed by atoms with Gasteiger partial charge in [-0.25, -0.2) is 0 Å². The number of H-pyrrole nitrogens is 1. The zero-order valence-corrected chi connectivity index (χ0v) is 8.82. The Morgan fingerprint density at radius 3 is 2.77 bits per heavy atom. The van der Waals surface area contributed by atoms with E-state index >= 15 is 0 Å². The van der Waals surface area contributed by atoms with Crippen molar-refractivity contribution in [2.45, 2.75) is 0 Å². The van der Waals surface area contributed by atoms with Crippen LogP contribution in [0.3, 0.4) is 0 Å². The third kappa shape index (κ3) is 1.38. The quantitative estimate of drug-likeness (QED) is 0.782. The Bertz CT molecular complexity index is 477. The molecule has 1 aromatic heterocycles. The molecule has 0 spiro atoms. The SMILES string of the molecule is O=C(Cl)c1c(Br)[nH]c2ccccc12. The first-order valence-corrected chi connectivity index (χ1v) is 4.83. The molecule has 0 saturated heterocycles. The Balaban J connectivity index is 2.86. The summed E-state index contributed by atoms with van der Waals surface area (Å²) in [4.78, 5) is 14.1. The lowest BCUT2D eigenvalue weighted by Crippen LogP contribution is -1.86. The number of carbonyl (C=O) groups is 1. The first-order valence-electron chi connectivity index (χ1n) is 3.66. The number of aromatic amines is 1. The van der Waals surface area contributed by atoms with Crippen LogP contribution in [0, 0.1) is 0 Å². The summed E-state index contributed by atoms with van der Waals surface area (Å²) in [5.74, 6) is 0. The van der Waals surface area contributed by atoms with E-state index in [-0.39, 0.29) is 0 Å². The topological polar surface area (TPSA) is 32.9 Å². The maximum atomic E-state index is 11.1. The largest absolute Gasteiger partial charge is 0.349 e. The molecule has 0 fully saturated rings. The number of para-hydroxylation sites is 1. The van der Waals surface area contributed by atoms with Crippen molar-refractivity contribution in [3.63, 3.8) is 0 Å². The van der Waals surface area contributed by atoms with Gasteiger partial charge >= 0.3 is 0 Å². The molecule has 1 N–H and O–H groups in total. The summed E-state index contributed by atoms with van der Waals surface area (Å²) >= 11 is 8.69. The fourth-order valence-corrected chi connectivity index (χ4v) is 2.22. The molecule has 0 bridgehead atoms. The van der Waals surface area contributed by atoms with Crippen molar-refractivity contribution < 1.29 is 4.79 Å². The van der Waals surface area contributed by atoms with Crippen molar-refractivity contribution >= 4 is 43.7 Å². The van der Waals surface area contributed by atoms with Crippen LogP contribution in [0.1, 0.15) is 10.4 Å². The second-order valence-electron chi connectivity index (χ2n) is 2.63. The Morgan fingerprint density at radius 2 is 2.08 bits per heavy atom. The number of nitrogens with one attached hydrogen (secondary N) is 1. The standard InChI is InChI=1S/C9H5BrClNO/c10-8-7(9(11)13)5-3-1-2-4-6(5)12-8/h1-4,12H. The summed E-state index contributed by atoms with van der Waals surface area (Å²) < 4.78 is 0.633. The second-order valence-corrected chi connectivity index (χ2v) is 3.77. The highest BCUT2D eigenvalue weighted by Gasteiger charge is 2.13. The van der Waals surface area contributed by atoms with E-state index in [0.29, 0.717) is 10.2 Å². The molecule has 0 aliphatic heterocycles. The lowest BCUT2D eigenvalue weighted by molar-refractivity contribution is 0.108. The van der Waals surface area contributed by atoms with Gasteiger partial charge in [-0.3, -0.25) is 4.79 Å². The van der Waals surface area contributed by atoms with Crippen LogP contribution in [0.25, 0.3) is 10.9 Å². The van der Waals surface area contributed by atoms with Gasteiger partial charge in [-0.05, 0) is 33.6 Å². The van der Waals surface area contributed by atoms with E-state index < -0.39 is 5.24 Å². The predicted octanol–water partition coefficient (Wildman–Crippen LogP) is 3.31. The van der Waals surface area contributed by atoms with Gasteiger partial charge in [-0.1, -0.05) is 18.2 Å². The number of fused-ring (bicyclic) bond motifs is 1. The normalized spacial score (nSPS) is 10.6. The van der Waals surface area contributed by atoms with Gasteiger partial charge in [0, 0.05) is 10.9 Å².